The van der Waals surface area contributed by atoms with Gasteiger partial charge in [-0.25, -0.2) is 0 Å². The molecule has 0 aliphatic carbocycles. The predicted molar refractivity (Wildman–Crippen MR) is 63.7 cm³/mol. The van der Waals surface area contributed by atoms with Crippen molar-refractivity contribution in [3.05, 3.63) is 35.9 Å². The zero-order valence-corrected chi connectivity index (χ0v) is 10.1. The molecule has 1 aromatic rings. The minimum atomic E-state index is -1.89. The summed E-state index contributed by atoms with van der Waals surface area (Å²) in [5, 5.41) is 39.4. The van der Waals surface area contributed by atoms with Crippen molar-refractivity contribution in [3.63, 3.8) is 0 Å². The first-order chi connectivity index (χ1) is 8.44. The molecule has 0 saturated carbocycles. The predicted octanol–water partition coefficient (Wildman–Crippen LogP) is -0.581. The largest absolute Gasteiger partial charge is 0.388 e. The molecule has 0 radical (unpaired) electrons. The van der Waals surface area contributed by atoms with Gasteiger partial charge in [0.25, 0.3) is 0 Å². The van der Waals surface area contributed by atoms with Crippen LogP contribution in [0.2, 0.25) is 0 Å². The minimum Gasteiger partial charge on any atom is -0.388 e. The molecule has 5 atom stereocenters. The van der Waals surface area contributed by atoms with Gasteiger partial charge in [0.05, 0.1) is 6.10 Å². The highest BCUT2D eigenvalue weighted by Gasteiger charge is 2.51. The second-order valence-corrected chi connectivity index (χ2v) is 4.76. The molecule has 1 saturated heterocycles. The number of benzene rings is 1. The molecule has 1 fully saturated rings. The average molecular weight is 254 g/mol. The molecule has 0 aromatic heterocycles. The fourth-order valence-corrected chi connectivity index (χ4v) is 2.23. The third-order valence-corrected chi connectivity index (χ3v) is 3.31. The van der Waals surface area contributed by atoms with Crippen molar-refractivity contribution in [1.29, 1.82) is 0 Å². The number of aliphatic hydroxyl groups is 4. The summed E-state index contributed by atoms with van der Waals surface area (Å²) in [6, 6.07) is 9.03. The fraction of sp³-hybridized carbons (Fsp3) is 0.538. The summed E-state index contributed by atoms with van der Waals surface area (Å²) in [7, 11) is 0. The highest BCUT2D eigenvalue weighted by atomic mass is 16.7. The molecule has 4 N–H and O–H groups in total. The van der Waals surface area contributed by atoms with E-state index >= 15 is 0 Å². The van der Waals surface area contributed by atoms with Crippen LogP contribution >= 0.6 is 0 Å². The lowest BCUT2D eigenvalue weighted by Crippen LogP contribution is -2.64. The van der Waals surface area contributed by atoms with Gasteiger partial charge >= 0.3 is 0 Å². The highest BCUT2D eigenvalue weighted by molar-refractivity contribution is 5.17. The van der Waals surface area contributed by atoms with Crippen LogP contribution in [0.1, 0.15) is 12.5 Å². The molecule has 18 heavy (non-hydrogen) atoms. The third kappa shape index (κ3) is 2.41. The first kappa shape index (κ1) is 13.5. The van der Waals surface area contributed by atoms with E-state index in [4.69, 9.17) is 4.74 Å². The van der Waals surface area contributed by atoms with Gasteiger partial charge in [-0.05, 0) is 12.5 Å². The molecule has 1 aliphatic heterocycles. The molecule has 2 rings (SSSR count). The molecule has 0 unspecified atom stereocenters. The van der Waals surface area contributed by atoms with Crippen LogP contribution in [0, 0.1) is 0 Å². The zero-order valence-electron chi connectivity index (χ0n) is 10.1. The van der Waals surface area contributed by atoms with Gasteiger partial charge in [0.2, 0.25) is 0 Å². The molecule has 5 heteroatoms. The molecule has 1 heterocycles. The van der Waals surface area contributed by atoms with Gasteiger partial charge in [-0.1, -0.05) is 30.3 Å². The Balaban J connectivity index is 2.19. The Bertz CT molecular complexity index is 396. The fourth-order valence-electron chi connectivity index (χ4n) is 2.23. The Morgan fingerprint density at radius 2 is 1.72 bits per heavy atom. The topological polar surface area (TPSA) is 90.2 Å². The van der Waals surface area contributed by atoms with Crippen LogP contribution in [0.4, 0.5) is 0 Å². The smallest absolute Gasteiger partial charge is 0.199 e. The van der Waals surface area contributed by atoms with Crippen LogP contribution in [0.15, 0.2) is 30.3 Å². The Hall–Kier alpha value is -0.980. The Morgan fingerprint density at radius 3 is 2.33 bits per heavy atom. The molecule has 1 aromatic carbocycles. The van der Waals surface area contributed by atoms with Gasteiger partial charge in [0, 0.05) is 6.42 Å². The van der Waals surface area contributed by atoms with E-state index in [9.17, 15) is 20.4 Å². The Labute approximate surface area is 105 Å². The second kappa shape index (κ2) is 4.95. The average Bonchev–Trinajstić information content (AvgIpc) is 2.35. The van der Waals surface area contributed by atoms with E-state index in [2.05, 4.69) is 0 Å². The first-order valence-electron chi connectivity index (χ1n) is 5.92. The number of hydrogen-bond donors (Lipinski definition) is 4. The summed E-state index contributed by atoms with van der Waals surface area (Å²) in [6.45, 7) is 1.54. The monoisotopic (exact) mass is 254 g/mol. The van der Waals surface area contributed by atoms with E-state index in [-0.39, 0.29) is 6.42 Å². The van der Waals surface area contributed by atoms with Gasteiger partial charge in [-0.2, -0.15) is 0 Å². The number of hydrogen-bond acceptors (Lipinski definition) is 5. The minimum absolute atomic E-state index is 0.0448. The maximum absolute atomic E-state index is 10.3. The lowest BCUT2D eigenvalue weighted by molar-refractivity contribution is -0.341. The maximum atomic E-state index is 10.3. The number of aliphatic hydroxyl groups excluding tert-OH is 3. The van der Waals surface area contributed by atoms with Crippen molar-refractivity contribution in [2.75, 3.05) is 0 Å². The Morgan fingerprint density at radius 1 is 1.11 bits per heavy atom. The van der Waals surface area contributed by atoms with E-state index in [0.717, 1.165) is 5.56 Å². The van der Waals surface area contributed by atoms with Gasteiger partial charge < -0.3 is 25.2 Å². The van der Waals surface area contributed by atoms with E-state index in [1.807, 2.05) is 18.2 Å². The summed E-state index contributed by atoms with van der Waals surface area (Å²) >= 11 is 0. The molecule has 0 amide bonds. The normalized spacial score (nSPS) is 40.7. The first-order valence-corrected chi connectivity index (χ1v) is 5.92. The molecular formula is C13H18O5. The standard InChI is InChI=1S/C13H18O5/c1-8-10(14)11(15)12(16)13(17,18-8)7-9-5-3-2-4-6-9/h2-6,8,10-12,14-17H,7H2,1H3/t8-,10+,11+,12-,13+/m0/s1. The molecule has 100 valence electrons. The van der Waals surface area contributed by atoms with E-state index in [0.29, 0.717) is 0 Å². The Kier molecular flexibility index (Phi) is 3.70. The van der Waals surface area contributed by atoms with Crippen LogP contribution < -0.4 is 0 Å². The van der Waals surface area contributed by atoms with Gasteiger partial charge in [-0.15, -0.1) is 0 Å². The summed E-state index contributed by atoms with van der Waals surface area (Å²) in [5.74, 6) is -1.89. The molecular weight excluding hydrogens is 236 g/mol. The van der Waals surface area contributed by atoms with Crippen LogP contribution in [-0.2, 0) is 11.2 Å². The SMILES string of the molecule is C[C@@H]1O[C@](O)(Cc2ccccc2)[C@@H](O)[C@H](O)[C@@H]1O. The molecule has 1 aliphatic rings. The van der Waals surface area contributed by atoms with Crippen molar-refractivity contribution < 1.29 is 25.2 Å². The van der Waals surface area contributed by atoms with E-state index in [1.165, 1.54) is 6.92 Å². The van der Waals surface area contributed by atoms with Crippen molar-refractivity contribution in [1.82, 2.24) is 0 Å². The zero-order chi connectivity index (χ0) is 13.3. The van der Waals surface area contributed by atoms with E-state index < -0.39 is 30.2 Å². The van der Waals surface area contributed by atoms with Crippen LogP contribution in [0.25, 0.3) is 0 Å². The maximum Gasteiger partial charge on any atom is 0.199 e. The van der Waals surface area contributed by atoms with E-state index in [1.54, 1.807) is 12.1 Å². The van der Waals surface area contributed by atoms with Crippen molar-refractivity contribution in [2.24, 2.45) is 0 Å². The summed E-state index contributed by atoms with van der Waals surface area (Å²) < 4.78 is 5.27. The molecule has 5 nitrogen and oxygen atoms in total. The highest BCUT2D eigenvalue weighted by Crippen LogP contribution is 2.30. The lowest BCUT2D eigenvalue weighted by atomic mass is 9.89. The lowest BCUT2D eigenvalue weighted by Gasteiger charge is -2.45. The van der Waals surface area contributed by atoms with Crippen LogP contribution in [0.3, 0.4) is 0 Å². The summed E-state index contributed by atoms with van der Waals surface area (Å²) in [4.78, 5) is 0. The van der Waals surface area contributed by atoms with Gasteiger partial charge in [0.15, 0.2) is 5.79 Å². The van der Waals surface area contributed by atoms with Gasteiger partial charge in [0.1, 0.15) is 18.3 Å². The summed E-state index contributed by atoms with van der Waals surface area (Å²) in [5.41, 5.74) is 0.773. The van der Waals surface area contributed by atoms with Crippen LogP contribution in [-0.4, -0.2) is 50.6 Å². The number of rotatable bonds is 2. The van der Waals surface area contributed by atoms with Crippen molar-refractivity contribution >= 4 is 0 Å². The second-order valence-electron chi connectivity index (χ2n) is 4.76. The number of ether oxygens (including phenoxy) is 1. The van der Waals surface area contributed by atoms with Crippen molar-refractivity contribution in [3.8, 4) is 0 Å². The van der Waals surface area contributed by atoms with Gasteiger partial charge in [-0.3, -0.25) is 0 Å². The third-order valence-electron chi connectivity index (χ3n) is 3.31. The molecule has 0 bridgehead atoms. The molecule has 0 spiro atoms. The van der Waals surface area contributed by atoms with Crippen molar-refractivity contribution in [2.45, 2.75) is 43.5 Å². The summed E-state index contributed by atoms with van der Waals surface area (Å²) in [6.07, 6.45) is -4.90. The van der Waals surface area contributed by atoms with Crippen LogP contribution in [0.5, 0.6) is 0 Å². The quantitative estimate of drug-likeness (QED) is 0.567.